The van der Waals surface area contributed by atoms with Gasteiger partial charge in [0.05, 0.1) is 41.9 Å². The SMILES string of the molecule is CSCOC1CC2OCC2(O)C2C(C)C3(O)CC(O)C(C)=C(C(O)C(=O)[C@]12C)C3(C)C. The fourth-order valence-corrected chi connectivity index (χ4v) is 7.67. The zero-order chi connectivity index (χ0) is 23.1. The molecule has 9 atom stereocenters. The summed E-state index contributed by atoms with van der Waals surface area (Å²) in [5.41, 5.74) is -4.06. The van der Waals surface area contributed by atoms with Gasteiger partial charge in [0.15, 0.2) is 5.78 Å². The number of ether oxygens (including phenoxy) is 2. The standard InChI is InChI=1S/C23H36O7S/c1-11-13(24)8-23(28)12(2)18-21(5,19(26)17(25)16(11)20(23,3)4)14(30-10-31-6)7-15-22(18,27)9-29-15/h12-15,17-18,24-25,27-28H,7-10H2,1-6H3/t12?,13?,14?,15?,17?,18?,21-,22?,23?/m1/s1. The van der Waals surface area contributed by atoms with Crippen molar-refractivity contribution in [1.82, 2.24) is 0 Å². The van der Waals surface area contributed by atoms with Gasteiger partial charge in [0, 0.05) is 24.2 Å². The number of aliphatic hydroxyl groups is 4. The van der Waals surface area contributed by atoms with Crippen LogP contribution < -0.4 is 0 Å². The Hall–Kier alpha value is -0.480. The lowest BCUT2D eigenvalue weighted by molar-refractivity contribution is -0.337. The van der Waals surface area contributed by atoms with E-state index in [9.17, 15) is 25.2 Å². The second-order valence-electron chi connectivity index (χ2n) is 10.8. The van der Waals surface area contributed by atoms with Crippen LogP contribution in [0.15, 0.2) is 11.1 Å². The van der Waals surface area contributed by atoms with Crippen molar-refractivity contribution in [3.05, 3.63) is 11.1 Å². The molecule has 4 rings (SSSR count). The normalized spacial score (nSPS) is 51.4. The third-order valence-corrected chi connectivity index (χ3v) is 9.60. The van der Waals surface area contributed by atoms with Gasteiger partial charge in [0.1, 0.15) is 11.7 Å². The van der Waals surface area contributed by atoms with Gasteiger partial charge >= 0.3 is 0 Å². The minimum atomic E-state index is -1.50. The van der Waals surface area contributed by atoms with Crippen molar-refractivity contribution in [3.8, 4) is 0 Å². The van der Waals surface area contributed by atoms with Crippen LogP contribution in [0.2, 0.25) is 0 Å². The topological polar surface area (TPSA) is 116 Å². The number of Topliss-reactive ketones (excluding diaryl/α,β-unsaturated/α-hetero) is 1. The Morgan fingerprint density at radius 3 is 2.42 bits per heavy atom. The summed E-state index contributed by atoms with van der Waals surface area (Å²) >= 11 is 1.49. The van der Waals surface area contributed by atoms with Crippen LogP contribution in [0, 0.1) is 22.7 Å². The van der Waals surface area contributed by atoms with E-state index < -0.39 is 64.1 Å². The summed E-state index contributed by atoms with van der Waals surface area (Å²) in [5.74, 6) is -1.34. The van der Waals surface area contributed by atoms with Crippen molar-refractivity contribution < 1.29 is 34.7 Å². The van der Waals surface area contributed by atoms with Gasteiger partial charge in [0.25, 0.3) is 0 Å². The first kappa shape index (κ1) is 23.7. The highest BCUT2D eigenvalue weighted by Crippen LogP contribution is 2.64. The Balaban J connectivity index is 1.97. The smallest absolute Gasteiger partial charge is 0.174 e. The van der Waals surface area contributed by atoms with Crippen molar-refractivity contribution >= 4 is 17.5 Å². The lowest BCUT2D eigenvalue weighted by Crippen LogP contribution is -2.79. The molecule has 0 aromatic rings. The van der Waals surface area contributed by atoms with Gasteiger partial charge in [-0.25, -0.2) is 0 Å². The zero-order valence-corrected chi connectivity index (χ0v) is 20.0. The van der Waals surface area contributed by atoms with Gasteiger partial charge in [-0.15, -0.1) is 11.8 Å². The Kier molecular flexibility index (Phi) is 5.54. The molecule has 1 saturated heterocycles. The van der Waals surface area contributed by atoms with E-state index in [1.807, 2.05) is 27.0 Å². The van der Waals surface area contributed by atoms with Crippen molar-refractivity contribution in [2.24, 2.45) is 22.7 Å². The number of ketones is 1. The molecule has 8 unspecified atom stereocenters. The monoisotopic (exact) mass is 456 g/mol. The highest BCUT2D eigenvalue weighted by atomic mass is 32.2. The molecule has 3 aliphatic carbocycles. The number of hydrogen-bond donors (Lipinski definition) is 4. The summed E-state index contributed by atoms with van der Waals surface area (Å²) in [6, 6.07) is 0. The highest BCUT2D eigenvalue weighted by Gasteiger charge is 2.74. The second kappa shape index (κ2) is 7.26. The Labute approximate surface area is 188 Å². The first-order chi connectivity index (χ1) is 14.3. The molecule has 1 aliphatic heterocycles. The Morgan fingerprint density at radius 1 is 1.23 bits per heavy atom. The first-order valence-corrected chi connectivity index (χ1v) is 12.5. The number of thioether (sulfide) groups is 1. The zero-order valence-electron chi connectivity index (χ0n) is 19.2. The predicted molar refractivity (Wildman–Crippen MR) is 116 cm³/mol. The molecule has 1 heterocycles. The second-order valence-corrected chi connectivity index (χ2v) is 11.6. The van der Waals surface area contributed by atoms with Crippen LogP contribution in [-0.4, -0.2) is 80.6 Å². The van der Waals surface area contributed by atoms with Crippen LogP contribution in [0.4, 0.5) is 0 Å². The molecular formula is C23H36O7S. The summed E-state index contributed by atoms with van der Waals surface area (Å²) < 4.78 is 11.8. The van der Waals surface area contributed by atoms with Crippen molar-refractivity contribution in [1.29, 1.82) is 0 Å². The van der Waals surface area contributed by atoms with Crippen LogP contribution in [0.25, 0.3) is 0 Å². The lowest BCUT2D eigenvalue weighted by atomic mass is 9.43. The molecule has 0 aromatic heterocycles. The maximum atomic E-state index is 14.1. The maximum Gasteiger partial charge on any atom is 0.174 e. The molecule has 0 radical (unpaired) electrons. The molecule has 3 fully saturated rings. The van der Waals surface area contributed by atoms with Gasteiger partial charge in [0.2, 0.25) is 0 Å². The molecule has 176 valence electrons. The van der Waals surface area contributed by atoms with Crippen molar-refractivity contribution in [2.45, 2.75) is 83.1 Å². The number of rotatable bonds is 3. The van der Waals surface area contributed by atoms with E-state index >= 15 is 0 Å². The van der Waals surface area contributed by atoms with E-state index in [0.717, 1.165) is 0 Å². The number of fused-ring (bicyclic) bond motifs is 5. The van der Waals surface area contributed by atoms with Crippen molar-refractivity contribution in [2.75, 3.05) is 18.8 Å². The predicted octanol–water partition coefficient (Wildman–Crippen LogP) is 1.27. The summed E-state index contributed by atoms with van der Waals surface area (Å²) in [5, 5.41) is 46.1. The molecule has 0 amide bonds. The van der Waals surface area contributed by atoms with Crippen LogP contribution in [0.3, 0.4) is 0 Å². The molecule has 4 aliphatic rings. The molecule has 2 bridgehead atoms. The van der Waals surface area contributed by atoms with E-state index in [0.29, 0.717) is 23.5 Å². The van der Waals surface area contributed by atoms with E-state index in [-0.39, 0.29) is 13.0 Å². The average molecular weight is 457 g/mol. The average Bonchev–Trinajstić information content (AvgIpc) is 2.69. The molecular weight excluding hydrogens is 420 g/mol. The Morgan fingerprint density at radius 2 is 1.87 bits per heavy atom. The van der Waals surface area contributed by atoms with E-state index in [1.54, 1.807) is 13.8 Å². The maximum absolute atomic E-state index is 14.1. The molecule has 7 nitrogen and oxygen atoms in total. The summed E-state index contributed by atoms with van der Waals surface area (Å²) in [7, 11) is 0. The van der Waals surface area contributed by atoms with Crippen molar-refractivity contribution in [3.63, 3.8) is 0 Å². The molecule has 4 N–H and O–H groups in total. The van der Waals surface area contributed by atoms with Crippen LogP contribution in [-0.2, 0) is 14.3 Å². The van der Waals surface area contributed by atoms with Crippen LogP contribution >= 0.6 is 11.8 Å². The van der Waals surface area contributed by atoms with Gasteiger partial charge < -0.3 is 29.9 Å². The van der Waals surface area contributed by atoms with E-state index in [1.165, 1.54) is 11.8 Å². The molecule has 8 heteroatoms. The highest BCUT2D eigenvalue weighted by molar-refractivity contribution is 7.98. The quantitative estimate of drug-likeness (QED) is 0.371. The fourth-order valence-electron chi connectivity index (χ4n) is 7.37. The number of aliphatic hydroxyl groups excluding tert-OH is 2. The molecule has 0 spiro atoms. The number of hydrogen-bond acceptors (Lipinski definition) is 8. The largest absolute Gasteiger partial charge is 0.389 e. The number of carbonyl (C=O) groups is 1. The minimum Gasteiger partial charge on any atom is -0.389 e. The summed E-state index contributed by atoms with van der Waals surface area (Å²) in [4.78, 5) is 14.1. The molecule has 31 heavy (non-hydrogen) atoms. The fraction of sp³-hybridized carbons (Fsp3) is 0.870. The lowest BCUT2D eigenvalue weighted by Gasteiger charge is -2.67. The summed E-state index contributed by atoms with van der Waals surface area (Å²) in [6.45, 7) is 9.04. The van der Waals surface area contributed by atoms with Crippen LogP contribution in [0.5, 0.6) is 0 Å². The Bertz CT molecular complexity index is 812. The van der Waals surface area contributed by atoms with Gasteiger partial charge in [-0.3, -0.25) is 4.79 Å². The first-order valence-electron chi connectivity index (χ1n) is 11.1. The molecule has 2 saturated carbocycles. The van der Waals surface area contributed by atoms with E-state index in [2.05, 4.69) is 0 Å². The third kappa shape index (κ3) is 2.79. The van der Waals surface area contributed by atoms with Gasteiger partial charge in [-0.1, -0.05) is 20.8 Å². The van der Waals surface area contributed by atoms with Gasteiger partial charge in [-0.2, -0.15) is 0 Å². The molecule has 0 aromatic carbocycles. The number of carbonyl (C=O) groups excluding carboxylic acids is 1. The third-order valence-electron chi connectivity index (χ3n) is 9.23. The summed E-state index contributed by atoms with van der Waals surface area (Å²) in [6.07, 6.45) is -1.23. The van der Waals surface area contributed by atoms with Gasteiger partial charge in [-0.05, 0) is 37.2 Å². The van der Waals surface area contributed by atoms with E-state index in [4.69, 9.17) is 9.47 Å². The minimum absolute atomic E-state index is 0.0711. The van der Waals surface area contributed by atoms with Crippen LogP contribution in [0.1, 0.15) is 47.5 Å².